The lowest BCUT2D eigenvalue weighted by atomic mass is 10.0. The molecule has 0 spiro atoms. The zero-order valence-electron chi connectivity index (χ0n) is 11.0. The molecule has 0 aromatic heterocycles. The molecule has 0 saturated carbocycles. The highest BCUT2D eigenvalue weighted by atomic mass is 28.2. The van der Waals surface area contributed by atoms with Gasteiger partial charge in [-0.15, -0.1) is 0 Å². The third-order valence-corrected chi connectivity index (χ3v) is 3.51. The molecule has 0 heterocycles. The Morgan fingerprint density at radius 3 is 2.50 bits per heavy atom. The highest BCUT2D eigenvalue weighted by Gasteiger charge is 2.09. The van der Waals surface area contributed by atoms with Gasteiger partial charge in [0.25, 0.3) is 0 Å². The minimum absolute atomic E-state index is 0.252. The first kappa shape index (κ1) is 15.7. The molecule has 2 heteroatoms. The van der Waals surface area contributed by atoms with Crippen molar-refractivity contribution in [2.45, 2.75) is 65.4 Å². The molecule has 0 saturated heterocycles. The molecule has 92 valence electrons. The molecule has 1 N–H and O–H groups in total. The van der Waals surface area contributed by atoms with Gasteiger partial charge in [0.1, 0.15) is 0 Å². The summed E-state index contributed by atoms with van der Waals surface area (Å²) in [6.45, 7) is 6.47. The zero-order valence-corrected chi connectivity index (χ0v) is 12.0. The molecule has 1 unspecified atom stereocenters. The van der Waals surface area contributed by atoms with E-state index < -0.39 is 0 Å². The Hall–Kier alpha value is -0.303. The Bertz CT molecular complexity index is 238. The van der Waals surface area contributed by atoms with Gasteiger partial charge in [-0.3, -0.25) is 0 Å². The van der Waals surface area contributed by atoms with E-state index in [1.165, 1.54) is 25.7 Å². The first-order valence-electron chi connectivity index (χ1n) is 6.46. The van der Waals surface area contributed by atoms with Crippen molar-refractivity contribution >= 4 is 8.96 Å². The fourth-order valence-electron chi connectivity index (χ4n) is 1.69. The number of unbranched alkanes of at least 4 members (excludes halogenated alkanes) is 4. The van der Waals surface area contributed by atoms with Crippen molar-refractivity contribution in [1.29, 1.82) is 0 Å². The van der Waals surface area contributed by atoms with E-state index in [1.54, 1.807) is 0 Å². The van der Waals surface area contributed by atoms with Crippen LogP contribution in [0.3, 0.4) is 0 Å². The normalized spacial score (nSPS) is 13.9. The molecule has 1 nitrogen and oxygen atoms in total. The first-order chi connectivity index (χ1) is 7.61. The summed E-state index contributed by atoms with van der Waals surface area (Å²) in [5.41, 5.74) is 0. The van der Waals surface area contributed by atoms with Gasteiger partial charge in [0.05, 0.1) is 6.10 Å². The largest absolute Gasteiger partial charge is 0.388 e. The monoisotopic (exact) mass is 238 g/mol. The van der Waals surface area contributed by atoms with Crippen molar-refractivity contribution in [2.24, 2.45) is 5.92 Å². The molecule has 0 aromatic rings. The van der Waals surface area contributed by atoms with Crippen LogP contribution in [0.1, 0.15) is 59.3 Å². The number of hydrogen-bond donors (Lipinski definition) is 1. The van der Waals surface area contributed by atoms with Crippen molar-refractivity contribution < 1.29 is 5.11 Å². The summed E-state index contributed by atoms with van der Waals surface area (Å²) in [6, 6.07) is 5.69. The Morgan fingerprint density at radius 2 is 2.00 bits per heavy atom. The highest BCUT2D eigenvalue weighted by molar-refractivity contribution is 6.33. The second-order valence-corrected chi connectivity index (χ2v) is 5.66. The summed E-state index contributed by atoms with van der Waals surface area (Å²) < 4.78 is 0. The molecule has 16 heavy (non-hydrogen) atoms. The van der Waals surface area contributed by atoms with Gasteiger partial charge in [-0.1, -0.05) is 46.1 Å². The Morgan fingerprint density at radius 1 is 1.31 bits per heavy atom. The van der Waals surface area contributed by atoms with E-state index in [2.05, 4.69) is 26.8 Å². The van der Waals surface area contributed by atoms with Gasteiger partial charge in [-0.05, 0) is 30.4 Å². The second-order valence-electron chi connectivity index (χ2n) is 4.80. The third-order valence-electron chi connectivity index (χ3n) is 2.64. The average Bonchev–Trinajstić information content (AvgIpc) is 2.22. The lowest BCUT2D eigenvalue weighted by molar-refractivity contribution is 0.190. The number of aliphatic hydroxyl groups excluding tert-OH is 1. The fourth-order valence-corrected chi connectivity index (χ4v) is 2.27. The van der Waals surface area contributed by atoms with Crippen LogP contribution >= 0.6 is 0 Å². The molecular weight excluding hydrogens is 212 g/mol. The molecular formula is C14H26OSi. The zero-order chi connectivity index (χ0) is 12.4. The van der Waals surface area contributed by atoms with Crippen molar-refractivity contribution in [1.82, 2.24) is 0 Å². The van der Waals surface area contributed by atoms with E-state index in [1.807, 2.05) is 0 Å². The minimum Gasteiger partial charge on any atom is -0.388 e. The van der Waals surface area contributed by atoms with Gasteiger partial charge in [0, 0.05) is 8.96 Å². The van der Waals surface area contributed by atoms with Gasteiger partial charge < -0.3 is 5.11 Å². The number of rotatable bonds is 8. The molecule has 0 rings (SSSR count). The molecule has 0 aliphatic heterocycles. The van der Waals surface area contributed by atoms with Gasteiger partial charge in [-0.2, -0.15) is 6.00 Å². The number of allylic oxidation sites excluding steroid dienone is 1. The summed E-state index contributed by atoms with van der Waals surface area (Å²) in [7, 11) is 0.252. The predicted molar refractivity (Wildman–Crippen MR) is 73.0 cm³/mol. The van der Waals surface area contributed by atoms with Gasteiger partial charge in [0.15, 0.2) is 0 Å². The maximum atomic E-state index is 9.94. The lowest BCUT2D eigenvalue weighted by Crippen LogP contribution is -2.14. The SMILES string of the molecule is C#[Si]/C(=C\CCCCCC)C(O)CC(C)C. The Kier molecular flexibility index (Phi) is 9.70. The highest BCUT2D eigenvalue weighted by Crippen LogP contribution is 2.12. The minimum atomic E-state index is -0.325. The van der Waals surface area contributed by atoms with Crippen molar-refractivity contribution in [2.75, 3.05) is 0 Å². The molecule has 0 fully saturated rings. The molecule has 0 aliphatic carbocycles. The van der Waals surface area contributed by atoms with Crippen molar-refractivity contribution in [3.63, 3.8) is 0 Å². The van der Waals surface area contributed by atoms with Crippen LogP contribution in [-0.4, -0.2) is 20.2 Å². The van der Waals surface area contributed by atoms with E-state index >= 15 is 0 Å². The summed E-state index contributed by atoms with van der Waals surface area (Å²) in [6.07, 6.45) is 8.80. The third kappa shape index (κ3) is 7.92. The quantitative estimate of drug-likeness (QED) is 0.506. The molecule has 0 aromatic carbocycles. The molecule has 0 aliphatic rings. The van der Waals surface area contributed by atoms with Crippen molar-refractivity contribution in [3.8, 4) is 6.00 Å². The standard InChI is InChI=1S/C14H26OSi/c1-5-6-7-8-9-10-14(16-4)13(15)11-12(2)3/h4,10,12-13,15H,5-9,11H2,1-3H3/b14-10-. The lowest BCUT2D eigenvalue weighted by Gasteiger charge is -2.13. The van der Waals surface area contributed by atoms with Gasteiger partial charge in [-0.25, -0.2) is 0 Å². The maximum absolute atomic E-state index is 9.94. The van der Waals surface area contributed by atoms with E-state index in [-0.39, 0.29) is 15.1 Å². The molecule has 1 atom stereocenters. The number of hydrogen-bond acceptors (Lipinski definition) is 1. The summed E-state index contributed by atoms with van der Waals surface area (Å²) in [5.74, 6) is 0.523. The van der Waals surface area contributed by atoms with Crippen LogP contribution in [0.25, 0.3) is 0 Å². The molecule has 0 bridgehead atoms. The van der Waals surface area contributed by atoms with E-state index in [9.17, 15) is 5.11 Å². The van der Waals surface area contributed by atoms with E-state index in [0.29, 0.717) is 5.92 Å². The smallest absolute Gasteiger partial charge is 0.0812 e. The first-order valence-corrected chi connectivity index (χ1v) is 7.54. The summed E-state index contributed by atoms with van der Waals surface area (Å²) >= 11 is 0. The summed E-state index contributed by atoms with van der Waals surface area (Å²) in [4.78, 5) is 0. The summed E-state index contributed by atoms with van der Waals surface area (Å²) in [5, 5.41) is 11.0. The molecule has 0 amide bonds. The predicted octanol–water partition coefficient (Wildman–Crippen LogP) is 3.54. The topological polar surface area (TPSA) is 20.2 Å². The van der Waals surface area contributed by atoms with Crippen LogP contribution in [-0.2, 0) is 0 Å². The second kappa shape index (κ2) is 9.89. The van der Waals surface area contributed by atoms with Crippen LogP contribution in [0.4, 0.5) is 0 Å². The Balaban J connectivity index is 3.97. The van der Waals surface area contributed by atoms with Crippen LogP contribution in [0.2, 0.25) is 0 Å². The fraction of sp³-hybridized carbons (Fsp3) is 0.786. The Labute approximate surface area is 103 Å². The maximum Gasteiger partial charge on any atom is 0.0812 e. The van der Waals surface area contributed by atoms with Crippen molar-refractivity contribution in [3.05, 3.63) is 11.3 Å². The van der Waals surface area contributed by atoms with Gasteiger partial charge >= 0.3 is 0 Å². The average molecular weight is 238 g/mol. The number of aliphatic hydroxyl groups is 1. The van der Waals surface area contributed by atoms with Gasteiger partial charge in [0.2, 0.25) is 0 Å². The molecule has 0 radical (unpaired) electrons. The van der Waals surface area contributed by atoms with E-state index in [4.69, 9.17) is 6.00 Å². The van der Waals surface area contributed by atoms with Crippen LogP contribution in [0.15, 0.2) is 11.3 Å². The van der Waals surface area contributed by atoms with Crippen LogP contribution in [0.5, 0.6) is 0 Å². The van der Waals surface area contributed by atoms with E-state index in [0.717, 1.165) is 18.0 Å². The van der Waals surface area contributed by atoms with Crippen LogP contribution in [0, 0.1) is 11.9 Å². The van der Waals surface area contributed by atoms with Crippen LogP contribution < -0.4 is 0 Å².